The van der Waals surface area contributed by atoms with Crippen molar-refractivity contribution < 1.29 is 0 Å². The molecule has 0 amide bonds. The molecule has 2 N–H and O–H groups in total. The second-order valence-corrected chi connectivity index (χ2v) is 4.64. The summed E-state index contributed by atoms with van der Waals surface area (Å²) in [6, 6.07) is 0.296. The molecule has 0 aromatic carbocycles. The molecule has 0 saturated carbocycles. The molecule has 0 fully saturated rings. The Hall–Kier alpha value is -0.870. The summed E-state index contributed by atoms with van der Waals surface area (Å²) in [6.07, 6.45) is 5.51. The highest BCUT2D eigenvalue weighted by atomic mass is 15.3. The third-order valence-electron chi connectivity index (χ3n) is 3.25. The van der Waals surface area contributed by atoms with Gasteiger partial charge in [-0.2, -0.15) is 5.10 Å². The number of aryl methyl sites for hydroxylation is 2. The first-order valence-electron chi connectivity index (χ1n) is 6.56. The Balaban J connectivity index is 2.84. The Labute approximate surface area is 105 Å². The Morgan fingerprint density at radius 3 is 2.71 bits per heavy atom. The van der Waals surface area contributed by atoms with Gasteiger partial charge in [-0.3, -0.25) is 9.58 Å². The Morgan fingerprint density at radius 1 is 1.47 bits per heavy atom. The van der Waals surface area contributed by atoms with Gasteiger partial charge in [0.2, 0.25) is 0 Å². The number of likely N-dealkylation sites (N-methyl/N-ethyl adjacent to an activating group) is 1. The number of unbranched alkanes of at least 4 members (excludes halogenated alkanes) is 1. The fourth-order valence-corrected chi connectivity index (χ4v) is 2.21. The smallest absolute Gasteiger partial charge is 0.0670 e. The third-order valence-corrected chi connectivity index (χ3v) is 3.25. The van der Waals surface area contributed by atoms with Gasteiger partial charge in [0, 0.05) is 25.4 Å². The van der Waals surface area contributed by atoms with E-state index in [9.17, 15) is 0 Å². The predicted molar refractivity (Wildman–Crippen MR) is 71.9 cm³/mol. The maximum atomic E-state index is 5.93. The fourth-order valence-electron chi connectivity index (χ4n) is 2.21. The topological polar surface area (TPSA) is 47.1 Å². The van der Waals surface area contributed by atoms with E-state index >= 15 is 0 Å². The molecule has 0 aliphatic rings. The minimum atomic E-state index is 0.296. The number of hydrogen-bond acceptors (Lipinski definition) is 3. The van der Waals surface area contributed by atoms with Crippen LogP contribution in [0.3, 0.4) is 0 Å². The molecule has 1 rings (SSSR count). The Kier molecular flexibility index (Phi) is 5.65. The molecule has 4 nitrogen and oxygen atoms in total. The average Bonchev–Trinajstić information content (AvgIpc) is 2.68. The zero-order valence-corrected chi connectivity index (χ0v) is 11.6. The van der Waals surface area contributed by atoms with Crippen molar-refractivity contribution in [1.82, 2.24) is 14.7 Å². The van der Waals surface area contributed by atoms with Crippen LogP contribution in [0.4, 0.5) is 0 Å². The highest BCUT2D eigenvalue weighted by Gasteiger charge is 2.20. The standard InChI is InChI=1S/C13H26N4/c1-5-7-8-16(3)13(9-14)11-10-17(4)15-12(11)6-2/h10,13H,5-9,14H2,1-4H3. The number of nitrogens with two attached hydrogens (primary N) is 1. The van der Waals surface area contributed by atoms with Crippen molar-refractivity contribution in [3.8, 4) is 0 Å². The van der Waals surface area contributed by atoms with Gasteiger partial charge in [-0.25, -0.2) is 0 Å². The highest BCUT2D eigenvalue weighted by molar-refractivity contribution is 5.22. The van der Waals surface area contributed by atoms with Gasteiger partial charge in [0.1, 0.15) is 0 Å². The van der Waals surface area contributed by atoms with Gasteiger partial charge >= 0.3 is 0 Å². The van der Waals surface area contributed by atoms with E-state index in [0.29, 0.717) is 12.6 Å². The van der Waals surface area contributed by atoms with E-state index < -0.39 is 0 Å². The van der Waals surface area contributed by atoms with E-state index in [0.717, 1.165) is 13.0 Å². The molecule has 0 bridgehead atoms. The van der Waals surface area contributed by atoms with Crippen LogP contribution < -0.4 is 5.73 Å². The van der Waals surface area contributed by atoms with Gasteiger partial charge in [-0.15, -0.1) is 0 Å². The number of aromatic nitrogens is 2. The van der Waals surface area contributed by atoms with Crippen molar-refractivity contribution in [1.29, 1.82) is 0 Å². The van der Waals surface area contributed by atoms with Gasteiger partial charge in [0.25, 0.3) is 0 Å². The maximum absolute atomic E-state index is 5.93. The van der Waals surface area contributed by atoms with E-state index in [1.807, 2.05) is 11.7 Å². The summed E-state index contributed by atoms with van der Waals surface area (Å²) in [4.78, 5) is 2.35. The van der Waals surface area contributed by atoms with Gasteiger partial charge in [0.15, 0.2) is 0 Å². The first kappa shape index (κ1) is 14.2. The molecule has 1 heterocycles. The van der Waals surface area contributed by atoms with Crippen molar-refractivity contribution in [2.75, 3.05) is 20.1 Å². The first-order valence-corrected chi connectivity index (χ1v) is 6.56. The summed E-state index contributed by atoms with van der Waals surface area (Å²) >= 11 is 0. The van der Waals surface area contributed by atoms with Crippen LogP contribution in [0.5, 0.6) is 0 Å². The molecular weight excluding hydrogens is 212 g/mol. The average molecular weight is 238 g/mol. The Morgan fingerprint density at radius 2 is 2.18 bits per heavy atom. The Bertz CT molecular complexity index is 332. The second kappa shape index (κ2) is 6.77. The molecule has 0 aliphatic carbocycles. The summed E-state index contributed by atoms with van der Waals surface area (Å²) in [7, 11) is 4.13. The van der Waals surface area contributed by atoms with E-state index in [1.165, 1.54) is 24.1 Å². The molecule has 0 spiro atoms. The minimum absolute atomic E-state index is 0.296. The largest absolute Gasteiger partial charge is 0.329 e. The molecule has 4 heteroatoms. The van der Waals surface area contributed by atoms with Gasteiger partial charge in [0.05, 0.1) is 11.7 Å². The van der Waals surface area contributed by atoms with Crippen LogP contribution in [0.2, 0.25) is 0 Å². The minimum Gasteiger partial charge on any atom is -0.329 e. The molecule has 0 saturated heterocycles. The van der Waals surface area contributed by atoms with Crippen molar-refractivity contribution in [2.24, 2.45) is 12.8 Å². The molecule has 0 aliphatic heterocycles. The van der Waals surface area contributed by atoms with Crippen LogP contribution >= 0.6 is 0 Å². The normalized spacial score (nSPS) is 13.3. The zero-order chi connectivity index (χ0) is 12.8. The maximum Gasteiger partial charge on any atom is 0.0670 e. The lowest BCUT2D eigenvalue weighted by atomic mass is 10.0. The molecule has 17 heavy (non-hydrogen) atoms. The first-order chi connectivity index (χ1) is 8.13. The quantitative estimate of drug-likeness (QED) is 0.786. The van der Waals surface area contributed by atoms with Crippen LogP contribution in [0.1, 0.15) is 44.0 Å². The number of rotatable bonds is 7. The monoisotopic (exact) mass is 238 g/mol. The summed E-state index contributed by atoms with van der Waals surface area (Å²) in [6.45, 7) is 6.10. The summed E-state index contributed by atoms with van der Waals surface area (Å²) < 4.78 is 1.89. The van der Waals surface area contributed by atoms with Crippen LogP contribution in [0.15, 0.2) is 6.20 Å². The molecular formula is C13H26N4. The number of nitrogens with zero attached hydrogens (tertiary/aromatic N) is 3. The zero-order valence-electron chi connectivity index (χ0n) is 11.6. The van der Waals surface area contributed by atoms with E-state index in [-0.39, 0.29) is 0 Å². The van der Waals surface area contributed by atoms with Crippen LogP contribution in [0, 0.1) is 0 Å². The van der Waals surface area contributed by atoms with Crippen molar-refractivity contribution in [2.45, 2.75) is 39.2 Å². The van der Waals surface area contributed by atoms with Gasteiger partial charge in [-0.1, -0.05) is 20.3 Å². The lowest BCUT2D eigenvalue weighted by molar-refractivity contribution is 0.245. The fraction of sp³-hybridized carbons (Fsp3) is 0.769. The number of hydrogen-bond donors (Lipinski definition) is 1. The highest BCUT2D eigenvalue weighted by Crippen LogP contribution is 2.22. The van der Waals surface area contributed by atoms with Crippen molar-refractivity contribution in [3.05, 3.63) is 17.5 Å². The van der Waals surface area contributed by atoms with Crippen molar-refractivity contribution in [3.63, 3.8) is 0 Å². The van der Waals surface area contributed by atoms with Crippen molar-refractivity contribution >= 4 is 0 Å². The van der Waals surface area contributed by atoms with Crippen LogP contribution in [-0.4, -0.2) is 34.8 Å². The predicted octanol–water partition coefficient (Wildman–Crippen LogP) is 1.71. The van der Waals surface area contributed by atoms with E-state index in [4.69, 9.17) is 5.73 Å². The van der Waals surface area contributed by atoms with Gasteiger partial charge < -0.3 is 5.73 Å². The molecule has 1 atom stereocenters. The van der Waals surface area contributed by atoms with Crippen LogP contribution in [-0.2, 0) is 13.5 Å². The SMILES string of the molecule is CCCCN(C)C(CN)c1cn(C)nc1CC. The molecule has 1 unspecified atom stereocenters. The van der Waals surface area contributed by atoms with Crippen LogP contribution in [0.25, 0.3) is 0 Å². The molecule has 98 valence electrons. The lowest BCUT2D eigenvalue weighted by Gasteiger charge is -2.26. The summed E-state index contributed by atoms with van der Waals surface area (Å²) in [5.41, 5.74) is 8.39. The summed E-state index contributed by atoms with van der Waals surface area (Å²) in [5.74, 6) is 0. The molecule has 1 aromatic heterocycles. The van der Waals surface area contributed by atoms with Gasteiger partial charge in [-0.05, 0) is 26.4 Å². The summed E-state index contributed by atoms with van der Waals surface area (Å²) in [5, 5.41) is 4.50. The third kappa shape index (κ3) is 3.54. The van der Waals surface area contributed by atoms with E-state index in [1.54, 1.807) is 0 Å². The molecule has 1 aromatic rings. The lowest BCUT2D eigenvalue weighted by Crippen LogP contribution is -2.31. The second-order valence-electron chi connectivity index (χ2n) is 4.64. The molecule has 0 radical (unpaired) electrons. The van der Waals surface area contributed by atoms with E-state index in [2.05, 4.69) is 37.1 Å².